The third-order valence-corrected chi connectivity index (χ3v) is 12.4. The summed E-state index contributed by atoms with van der Waals surface area (Å²) in [4.78, 5) is -0.149. The van der Waals surface area contributed by atoms with Crippen molar-refractivity contribution < 1.29 is 0 Å². The maximum atomic E-state index is 7.40. The van der Waals surface area contributed by atoms with E-state index in [1.807, 2.05) is 0 Å². The fraction of sp³-hybridized carbons (Fsp3) is 1.00. The Kier molecular flexibility index (Phi) is 6.41. The summed E-state index contributed by atoms with van der Waals surface area (Å²) in [6.07, 6.45) is 16.2. The zero-order valence-corrected chi connectivity index (χ0v) is 21.3. The normalized spacial score (nSPS) is 50.7. The van der Waals surface area contributed by atoms with E-state index in [1.54, 1.807) is 0 Å². The highest BCUT2D eigenvalue weighted by Gasteiger charge is 2.66. The van der Waals surface area contributed by atoms with Crippen LogP contribution < -0.4 is 0 Å². The van der Waals surface area contributed by atoms with Gasteiger partial charge in [0.05, 0.1) is 10.3 Å². The predicted molar refractivity (Wildman–Crippen MR) is 128 cm³/mol. The Hall–Kier alpha value is 0.580. The third kappa shape index (κ3) is 3.53. The average Bonchev–Trinajstić information content (AvgIpc) is 3.01. The molecule has 0 spiro atoms. The molecular weight excluding hydrogens is 395 g/mol. The molecule has 2 heteroatoms. The van der Waals surface area contributed by atoms with Gasteiger partial charge in [-0.25, -0.2) is 0 Å². The minimum atomic E-state index is -0.149. The number of rotatable bonds is 5. The molecule has 0 heterocycles. The van der Waals surface area contributed by atoms with Gasteiger partial charge in [0.25, 0.3) is 0 Å². The second kappa shape index (κ2) is 8.17. The Balaban J connectivity index is 1.53. The molecule has 0 aliphatic heterocycles. The third-order valence-electron chi connectivity index (χ3n) is 10.9. The first kappa shape index (κ1) is 22.8. The van der Waals surface area contributed by atoms with Crippen LogP contribution in [0.25, 0.3) is 0 Å². The van der Waals surface area contributed by atoms with Gasteiger partial charge in [-0.1, -0.05) is 66.7 Å². The average molecular weight is 442 g/mol. The molecular formula is C27H46Cl2. The van der Waals surface area contributed by atoms with Crippen molar-refractivity contribution in [3.63, 3.8) is 0 Å². The lowest BCUT2D eigenvalue weighted by atomic mass is 9.44. The van der Waals surface area contributed by atoms with Crippen LogP contribution in [0, 0.1) is 46.3 Å². The Morgan fingerprint density at radius 2 is 1.62 bits per heavy atom. The minimum absolute atomic E-state index is 0.149. The second-order valence-electron chi connectivity index (χ2n) is 12.6. The van der Waals surface area contributed by atoms with Crippen molar-refractivity contribution in [2.45, 2.75) is 122 Å². The topological polar surface area (TPSA) is 0 Å². The van der Waals surface area contributed by atoms with Gasteiger partial charge in [-0.15, -0.1) is 23.2 Å². The first-order chi connectivity index (χ1) is 13.6. The number of alkyl halides is 2. The molecule has 0 aromatic rings. The molecule has 168 valence electrons. The molecule has 0 bridgehead atoms. The van der Waals surface area contributed by atoms with E-state index < -0.39 is 0 Å². The summed E-state index contributed by atoms with van der Waals surface area (Å²) in [6, 6.07) is 0. The molecule has 0 radical (unpaired) electrons. The van der Waals surface area contributed by atoms with E-state index >= 15 is 0 Å². The zero-order valence-electron chi connectivity index (χ0n) is 19.8. The van der Waals surface area contributed by atoms with E-state index in [1.165, 1.54) is 70.6 Å². The van der Waals surface area contributed by atoms with E-state index in [-0.39, 0.29) is 15.7 Å². The SMILES string of the molecule is CC(C)CCC[C@@H](C)[C@H]1CC[C@H]2[C@@H]3C[C@@H](Cl)[C@@]4(Cl)CCCC[C@]4(C)[C@H]3CC[C@]12C. The number of fused-ring (bicyclic) bond motifs is 5. The molecule has 4 aliphatic rings. The number of halogens is 2. The summed E-state index contributed by atoms with van der Waals surface area (Å²) in [7, 11) is 0. The number of hydrogen-bond acceptors (Lipinski definition) is 0. The van der Waals surface area contributed by atoms with Gasteiger partial charge >= 0.3 is 0 Å². The molecule has 0 amide bonds. The van der Waals surface area contributed by atoms with E-state index in [4.69, 9.17) is 23.2 Å². The lowest BCUT2D eigenvalue weighted by Crippen LogP contribution is -2.63. The minimum Gasteiger partial charge on any atom is -0.121 e. The predicted octanol–water partition coefficient (Wildman–Crippen LogP) is 9.08. The van der Waals surface area contributed by atoms with Gasteiger partial charge in [-0.3, -0.25) is 0 Å². The van der Waals surface area contributed by atoms with E-state index in [0.29, 0.717) is 5.41 Å². The van der Waals surface area contributed by atoms with Crippen LogP contribution in [0.5, 0.6) is 0 Å². The molecule has 9 atom stereocenters. The van der Waals surface area contributed by atoms with Crippen molar-refractivity contribution in [3.05, 3.63) is 0 Å². The molecule has 4 rings (SSSR count). The number of hydrogen-bond donors (Lipinski definition) is 0. The Bertz CT molecular complexity index is 587. The molecule has 4 fully saturated rings. The van der Waals surface area contributed by atoms with Crippen LogP contribution in [0.3, 0.4) is 0 Å². The Morgan fingerprint density at radius 3 is 2.34 bits per heavy atom. The van der Waals surface area contributed by atoms with Crippen molar-refractivity contribution in [3.8, 4) is 0 Å². The first-order valence-corrected chi connectivity index (χ1v) is 13.8. The molecule has 0 N–H and O–H groups in total. The fourth-order valence-corrected chi connectivity index (χ4v) is 10.3. The molecule has 0 aromatic heterocycles. The molecule has 0 saturated heterocycles. The van der Waals surface area contributed by atoms with Crippen LogP contribution in [0.2, 0.25) is 0 Å². The van der Waals surface area contributed by atoms with Crippen molar-refractivity contribution in [1.82, 2.24) is 0 Å². The highest BCUT2D eigenvalue weighted by atomic mass is 35.5. The first-order valence-electron chi connectivity index (χ1n) is 13.0. The monoisotopic (exact) mass is 440 g/mol. The van der Waals surface area contributed by atoms with E-state index in [0.717, 1.165) is 41.9 Å². The molecule has 4 aliphatic carbocycles. The summed E-state index contributed by atoms with van der Waals surface area (Å²) < 4.78 is 0. The summed E-state index contributed by atoms with van der Waals surface area (Å²) in [6.45, 7) is 12.5. The van der Waals surface area contributed by atoms with Gasteiger partial charge in [-0.2, -0.15) is 0 Å². The van der Waals surface area contributed by atoms with Crippen molar-refractivity contribution in [2.24, 2.45) is 46.3 Å². The second-order valence-corrected chi connectivity index (χ2v) is 13.8. The highest BCUT2D eigenvalue weighted by molar-refractivity contribution is 6.33. The van der Waals surface area contributed by atoms with Crippen LogP contribution in [-0.4, -0.2) is 10.3 Å². The van der Waals surface area contributed by atoms with Gasteiger partial charge in [-0.05, 0) is 91.3 Å². The molecule has 29 heavy (non-hydrogen) atoms. The van der Waals surface area contributed by atoms with Crippen LogP contribution in [0.1, 0.15) is 112 Å². The molecule has 4 saturated carbocycles. The summed E-state index contributed by atoms with van der Waals surface area (Å²) in [5.41, 5.74) is 0.802. The molecule has 0 unspecified atom stereocenters. The lowest BCUT2D eigenvalue weighted by Gasteiger charge is -2.65. The largest absolute Gasteiger partial charge is 0.121 e. The van der Waals surface area contributed by atoms with Crippen LogP contribution in [0.15, 0.2) is 0 Å². The quantitative estimate of drug-likeness (QED) is 0.373. The summed E-state index contributed by atoms with van der Waals surface area (Å²) in [5, 5.41) is 0.167. The van der Waals surface area contributed by atoms with Crippen molar-refractivity contribution >= 4 is 23.2 Å². The standard InChI is InChI=1S/C27H46Cl2/c1-18(2)9-8-10-19(3)21-11-12-22-20-17-24(28)27(29)15-7-6-14-26(27,5)23(20)13-16-25(21,22)4/h18-24H,6-17H2,1-5H3/t19-,20+,21-,22+,23+,24-,25-,26-,27+/m1/s1. The molecule has 0 aromatic carbocycles. The van der Waals surface area contributed by atoms with Gasteiger partial charge in [0.15, 0.2) is 0 Å². The fourth-order valence-electron chi connectivity index (χ4n) is 9.23. The highest BCUT2D eigenvalue weighted by Crippen LogP contribution is 2.71. The van der Waals surface area contributed by atoms with Crippen LogP contribution in [0.4, 0.5) is 0 Å². The van der Waals surface area contributed by atoms with Crippen molar-refractivity contribution in [1.29, 1.82) is 0 Å². The summed E-state index contributed by atoms with van der Waals surface area (Å²) in [5.74, 6) is 5.17. The zero-order chi connectivity index (χ0) is 21.0. The van der Waals surface area contributed by atoms with Gasteiger partial charge < -0.3 is 0 Å². The summed E-state index contributed by atoms with van der Waals surface area (Å²) >= 11 is 14.5. The van der Waals surface area contributed by atoms with Gasteiger partial charge in [0, 0.05) is 0 Å². The van der Waals surface area contributed by atoms with Gasteiger partial charge in [0.2, 0.25) is 0 Å². The van der Waals surface area contributed by atoms with E-state index in [2.05, 4.69) is 34.6 Å². The van der Waals surface area contributed by atoms with Gasteiger partial charge in [0.1, 0.15) is 0 Å². The Morgan fingerprint density at radius 1 is 0.897 bits per heavy atom. The maximum Gasteiger partial charge on any atom is 0.0666 e. The van der Waals surface area contributed by atoms with Crippen LogP contribution in [-0.2, 0) is 0 Å². The molecule has 0 nitrogen and oxygen atoms in total. The smallest absolute Gasteiger partial charge is 0.0666 e. The maximum absolute atomic E-state index is 7.40. The Labute approximate surface area is 191 Å². The van der Waals surface area contributed by atoms with Crippen molar-refractivity contribution in [2.75, 3.05) is 0 Å². The van der Waals surface area contributed by atoms with Crippen LogP contribution >= 0.6 is 23.2 Å². The lowest BCUT2D eigenvalue weighted by molar-refractivity contribution is -0.103. The van der Waals surface area contributed by atoms with E-state index in [9.17, 15) is 0 Å².